The van der Waals surface area contributed by atoms with Crippen molar-refractivity contribution in [2.75, 3.05) is 20.1 Å². The SMILES string of the molecule is CC/C=N/N(C)C(=N)N1CCC(O)C1. The molecule has 0 aliphatic carbocycles. The fourth-order valence-electron chi connectivity index (χ4n) is 1.40. The maximum atomic E-state index is 9.31. The molecule has 0 spiro atoms. The third kappa shape index (κ3) is 2.70. The smallest absolute Gasteiger partial charge is 0.214 e. The average molecular weight is 198 g/mol. The van der Waals surface area contributed by atoms with Crippen molar-refractivity contribution >= 4 is 12.2 Å². The Morgan fingerprint density at radius 3 is 3.00 bits per heavy atom. The van der Waals surface area contributed by atoms with Crippen LogP contribution in [0.2, 0.25) is 0 Å². The van der Waals surface area contributed by atoms with Gasteiger partial charge in [-0.1, -0.05) is 6.92 Å². The zero-order valence-electron chi connectivity index (χ0n) is 8.77. The van der Waals surface area contributed by atoms with Crippen molar-refractivity contribution in [3.8, 4) is 0 Å². The first-order valence-electron chi connectivity index (χ1n) is 4.93. The first-order chi connectivity index (χ1) is 6.65. The average Bonchev–Trinajstić information content (AvgIpc) is 2.60. The summed E-state index contributed by atoms with van der Waals surface area (Å²) in [4.78, 5) is 1.83. The van der Waals surface area contributed by atoms with Crippen LogP contribution in [0.1, 0.15) is 19.8 Å². The van der Waals surface area contributed by atoms with E-state index in [1.807, 2.05) is 11.8 Å². The number of hydrazone groups is 1. The van der Waals surface area contributed by atoms with Crippen LogP contribution in [0, 0.1) is 5.41 Å². The Hall–Kier alpha value is -1.10. The van der Waals surface area contributed by atoms with E-state index in [0.29, 0.717) is 12.5 Å². The van der Waals surface area contributed by atoms with Gasteiger partial charge in [-0.15, -0.1) is 0 Å². The molecule has 0 saturated carbocycles. The van der Waals surface area contributed by atoms with E-state index in [1.165, 1.54) is 5.01 Å². The van der Waals surface area contributed by atoms with Gasteiger partial charge in [0, 0.05) is 26.4 Å². The number of hydrogen-bond donors (Lipinski definition) is 2. The number of β-amino-alcohol motifs (C(OH)–C–C–N with tert-alkyl or cyclic N) is 1. The standard InChI is InChI=1S/C9H18N4O/c1-3-5-11-12(2)9(10)13-6-4-8(14)7-13/h5,8,10,14H,3-4,6-7H2,1-2H3/b10-9?,11-5+. The molecule has 1 unspecified atom stereocenters. The third-order valence-electron chi connectivity index (χ3n) is 2.21. The van der Waals surface area contributed by atoms with Gasteiger partial charge in [0.05, 0.1) is 6.10 Å². The number of guanidine groups is 1. The lowest BCUT2D eigenvalue weighted by Gasteiger charge is -2.23. The van der Waals surface area contributed by atoms with E-state index in [1.54, 1.807) is 13.3 Å². The topological polar surface area (TPSA) is 62.9 Å². The second kappa shape index (κ2) is 4.95. The van der Waals surface area contributed by atoms with Crippen molar-refractivity contribution in [1.29, 1.82) is 5.41 Å². The van der Waals surface area contributed by atoms with E-state index >= 15 is 0 Å². The number of aliphatic hydroxyl groups is 1. The number of aliphatic hydroxyl groups excluding tert-OH is 1. The molecule has 0 aromatic rings. The zero-order valence-corrected chi connectivity index (χ0v) is 8.77. The van der Waals surface area contributed by atoms with Crippen molar-refractivity contribution in [3.05, 3.63) is 0 Å². The van der Waals surface area contributed by atoms with Crippen molar-refractivity contribution < 1.29 is 5.11 Å². The Morgan fingerprint density at radius 1 is 1.79 bits per heavy atom. The van der Waals surface area contributed by atoms with Crippen LogP contribution in [0.4, 0.5) is 0 Å². The lowest BCUT2D eigenvalue weighted by atomic mass is 10.3. The maximum absolute atomic E-state index is 9.31. The van der Waals surface area contributed by atoms with E-state index in [2.05, 4.69) is 5.10 Å². The minimum Gasteiger partial charge on any atom is -0.391 e. The van der Waals surface area contributed by atoms with Gasteiger partial charge in [-0.3, -0.25) is 5.41 Å². The molecule has 0 aromatic heterocycles. The highest BCUT2D eigenvalue weighted by Gasteiger charge is 2.23. The summed E-state index contributed by atoms with van der Waals surface area (Å²) in [5, 5.41) is 22.7. The van der Waals surface area contributed by atoms with Crippen LogP contribution in [-0.2, 0) is 0 Å². The van der Waals surface area contributed by atoms with E-state index in [9.17, 15) is 5.11 Å². The van der Waals surface area contributed by atoms with Gasteiger partial charge < -0.3 is 10.0 Å². The summed E-state index contributed by atoms with van der Waals surface area (Å²) in [6.45, 7) is 3.29. The Bertz CT molecular complexity index is 229. The Labute approximate surface area is 84.5 Å². The fraction of sp³-hybridized carbons (Fsp3) is 0.778. The second-order valence-electron chi connectivity index (χ2n) is 3.44. The first kappa shape index (κ1) is 11.0. The van der Waals surface area contributed by atoms with Crippen molar-refractivity contribution in [1.82, 2.24) is 9.91 Å². The van der Waals surface area contributed by atoms with Crippen LogP contribution >= 0.6 is 0 Å². The minimum atomic E-state index is -0.293. The van der Waals surface area contributed by atoms with E-state index in [-0.39, 0.29) is 6.10 Å². The van der Waals surface area contributed by atoms with E-state index in [4.69, 9.17) is 5.41 Å². The molecule has 0 amide bonds. The molecule has 80 valence electrons. The molecule has 1 atom stereocenters. The summed E-state index contributed by atoms with van der Waals surface area (Å²) in [6.07, 6.45) is 3.08. The normalized spacial score (nSPS) is 21.9. The van der Waals surface area contributed by atoms with Crippen LogP contribution in [0.15, 0.2) is 5.10 Å². The summed E-state index contributed by atoms with van der Waals surface area (Å²) >= 11 is 0. The zero-order chi connectivity index (χ0) is 10.6. The van der Waals surface area contributed by atoms with Gasteiger partial charge in [0.15, 0.2) is 0 Å². The van der Waals surface area contributed by atoms with Gasteiger partial charge in [0.2, 0.25) is 5.96 Å². The molecule has 0 radical (unpaired) electrons. The Morgan fingerprint density at radius 2 is 2.50 bits per heavy atom. The number of nitrogens with one attached hydrogen (secondary N) is 1. The lowest BCUT2D eigenvalue weighted by molar-refractivity contribution is 0.186. The Kier molecular flexibility index (Phi) is 3.88. The molecule has 1 heterocycles. The van der Waals surface area contributed by atoms with Crippen LogP contribution in [0.25, 0.3) is 0 Å². The van der Waals surface area contributed by atoms with Gasteiger partial charge in [0.1, 0.15) is 0 Å². The molecule has 1 fully saturated rings. The molecule has 5 heteroatoms. The van der Waals surface area contributed by atoms with Gasteiger partial charge in [-0.2, -0.15) is 5.10 Å². The quantitative estimate of drug-likeness (QED) is 0.381. The highest BCUT2D eigenvalue weighted by Crippen LogP contribution is 2.10. The largest absolute Gasteiger partial charge is 0.391 e. The number of likely N-dealkylation sites (tertiary alicyclic amines) is 1. The molecular weight excluding hydrogens is 180 g/mol. The molecule has 2 N–H and O–H groups in total. The predicted molar refractivity (Wildman–Crippen MR) is 56.5 cm³/mol. The number of hydrogen-bond acceptors (Lipinski definition) is 3. The molecule has 1 rings (SSSR count). The van der Waals surface area contributed by atoms with E-state index in [0.717, 1.165) is 19.4 Å². The Balaban J connectivity index is 2.44. The molecule has 5 nitrogen and oxygen atoms in total. The van der Waals surface area contributed by atoms with Crippen LogP contribution in [0.5, 0.6) is 0 Å². The number of nitrogens with zero attached hydrogens (tertiary/aromatic N) is 3. The van der Waals surface area contributed by atoms with Crippen molar-refractivity contribution in [3.63, 3.8) is 0 Å². The number of rotatable bonds is 2. The molecular formula is C9H18N4O. The predicted octanol–water partition coefficient (Wildman–Crippen LogP) is 0.315. The van der Waals surface area contributed by atoms with Crippen LogP contribution < -0.4 is 0 Å². The summed E-state index contributed by atoms with van der Waals surface area (Å²) < 4.78 is 0. The fourth-order valence-corrected chi connectivity index (χ4v) is 1.40. The maximum Gasteiger partial charge on any atom is 0.214 e. The minimum absolute atomic E-state index is 0.293. The summed E-state index contributed by atoms with van der Waals surface area (Å²) in [6, 6.07) is 0. The molecule has 1 saturated heterocycles. The van der Waals surface area contributed by atoms with Crippen LogP contribution in [0.3, 0.4) is 0 Å². The monoisotopic (exact) mass is 198 g/mol. The van der Waals surface area contributed by atoms with Gasteiger partial charge in [-0.25, -0.2) is 5.01 Å². The summed E-state index contributed by atoms with van der Waals surface area (Å²) in [5.41, 5.74) is 0. The van der Waals surface area contributed by atoms with Crippen molar-refractivity contribution in [2.45, 2.75) is 25.9 Å². The van der Waals surface area contributed by atoms with Gasteiger partial charge in [0.25, 0.3) is 0 Å². The van der Waals surface area contributed by atoms with Gasteiger partial charge >= 0.3 is 0 Å². The molecule has 14 heavy (non-hydrogen) atoms. The van der Waals surface area contributed by atoms with Crippen molar-refractivity contribution in [2.24, 2.45) is 5.10 Å². The van der Waals surface area contributed by atoms with Gasteiger partial charge in [-0.05, 0) is 12.8 Å². The highest BCUT2D eigenvalue weighted by atomic mass is 16.3. The molecule has 0 bridgehead atoms. The first-order valence-corrected chi connectivity index (χ1v) is 4.93. The lowest BCUT2D eigenvalue weighted by Crippen LogP contribution is -2.38. The molecule has 0 aromatic carbocycles. The summed E-state index contributed by atoms with van der Waals surface area (Å²) in [7, 11) is 1.75. The summed E-state index contributed by atoms with van der Waals surface area (Å²) in [5.74, 6) is 0.353. The molecule has 1 aliphatic heterocycles. The molecule has 1 aliphatic rings. The second-order valence-corrected chi connectivity index (χ2v) is 3.44. The van der Waals surface area contributed by atoms with E-state index < -0.39 is 0 Å². The highest BCUT2D eigenvalue weighted by molar-refractivity contribution is 5.77. The van der Waals surface area contributed by atoms with Crippen LogP contribution in [-0.4, -0.2) is 53.4 Å². The third-order valence-corrected chi connectivity index (χ3v) is 2.21.